The summed E-state index contributed by atoms with van der Waals surface area (Å²) in [5, 5.41) is 13.0. The lowest BCUT2D eigenvalue weighted by atomic mass is 9.95. The van der Waals surface area contributed by atoms with Crippen molar-refractivity contribution < 1.29 is 24.2 Å². The van der Waals surface area contributed by atoms with Gasteiger partial charge in [0.2, 0.25) is 0 Å². The van der Waals surface area contributed by atoms with Crippen LogP contribution in [-0.2, 0) is 9.59 Å². The third kappa shape index (κ3) is 4.84. The molecule has 0 saturated carbocycles. The van der Waals surface area contributed by atoms with Crippen LogP contribution in [-0.4, -0.2) is 31.2 Å². The van der Waals surface area contributed by atoms with Crippen LogP contribution < -0.4 is 19.7 Å². The Morgan fingerprint density at radius 1 is 0.943 bits per heavy atom. The molecule has 0 unspecified atom stereocenters. The van der Waals surface area contributed by atoms with Gasteiger partial charge in [0, 0.05) is 23.0 Å². The van der Waals surface area contributed by atoms with Crippen molar-refractivity contribution >= 4 is 23.3 Å². The Bertz CT molecular complexity index is 1280. The molecule has 1 heterocycles. The van der Waals surface area contributed by atoms with Crippen LogP contribution in [0.5, 0.6) is 11.5 Å². The van der Waals surface area contributed by atoms with E-state index in [1.807, 2.05) is 68.4 Å². The Morgan fingerprint density at radius 3 is 2.14 bits per heavy atom. The Hall–Kier alpha value is -4.26. The predicted octanol–water partition coefficient (Wildman–Crippen LogP) is 5.25. The summed E-state index contributed by atoms with van der Waals surface area (Å²) in [6, 6.07) is 19.8. The number of rotatable bonds is 8. The van der Waals surface area contributed by atoms with Crippen LogP contribution in [0.1, 0.15) is 29.2 Å². The van der Waals surface area contributed by atoms with E-state index in [-0.39, 0.29) is 18.0 Å². The molecule has 35 heavy (non-hydrogen) atoms. The molecule has 1 aliphatic rings. The van der Waals surface area contributed by atoms with Crippen LogP contribution in [0.15, 0.2) is 78.0 Å². The van der Waals surface area contributed by atoms with E-state index in [0.717, 1.165) is 11.1 Å². The number of nitrogens with zero attached hydrogens (tertiary/aromatic N) is 1. The maximum atomic E-state index is 13.9. The molecule has 7 nitrogen and oxygen atoms in total. The highest BCUT2D eigenvalue weighted by atomic mass is 16.5. The number of carbonyl (C=O) groups is 2. The largest absolute Gasteiger partial charge is 0.497 e. The van der Waals surface area contributed by atoms with Crippen molar-refractivity contribution in [1.82, 2.24) is 0 Å². The maximum absolute atomic E-state index is 13.9. The molecule has 1 atom stereocenters. The van der Waals surface area contributed by atoms with E-state index >= 15 is 0 Å². The summed E-state index contributed by atoms with van der Waals surface area (Å²) in [6.07, 6.45) is -0.317. The number of hydrogen-bond donors (Lipinski definition) is 2. The lowest BCUT2D eigenvalue weighted by Crippen LogP contribution is -2.31. The number of carboxylic acid groups (broad SMARTS) is 1. The third-order valence-corrected chi connectivity index (χ3v) is 6.05. The van der Waals surface area contributed by atoms with Gasteiger partial charge >= 0.3 is 5.97 Å². The molecule has 0 spiro atoms. The van der Waals surface area contributed by atoms with Crippen LogP contribution in [0.4, 0.5) is 11.4 Å². The second-order valence-electron chi connectivity index (χ2n) is 8.48. The van der Waals surface area contributed by atoms with Gasteiger partial charge < -0.3 is 19.9 Å². The van der Waals surface area contributed by atoms with Crippen LogP contribution in [0.2, 0.25) is 0 Å². The standard InChI is InChI=1S/C28H28N2O5/c1-17-5-9-19(10-6-17)29-26-23(16-25(31)32)27(22-14-13-21(34-3)15-24(22)35-4)30(28(26)33)20-11-7-18(2)8-12-20/h5-15,27,29H,16H2,1-4H3,(H,31,32)/t27-/m0/s1. The Morgan fingerprint density at radius 2 is 1.57 bits per heavy atom. The van der Waals surface area contributed by atoms with E-state index in [2.05, 4.69) is 5.32 Å². The van der Waals surface area contributed by atoms with E-state index in [9.17, 15) is 14.7 Å². The van der Waals surface area contributed by atoms with Gasteiger partial charge in [-0.2, -0.15) is 0 Å². The first-order chi connectivity index (χ1) is 16.8. The predicted molar refractivity (Wildman–Crippen MR) is 135 cm³/mol. The van der Waals surface area contributed by atoms with Crippen molar-refractivity contribution in [3.8, 4) is 11.5 Å². The van der Waals surface area contributed by atoms with Gasteiger partial charge in [0.15, 0.2) is 0 Å². The van der Waals surface area contributed by atoms with E-state index < -0.39 is 12.0 Å². The molecule has 3 aromatic rings. The van der Waals surface area contributed by atoms with Crippen molar-refractivity contribution in [2.45, 2.75) is 26.3 Å². The van der Waals surface area contributed by atoms with Crippen molar-refractivity contribution in [2.24, 2.45) is 0 Å². The van der Waals surface area contributed by atoms with E-state index in [1.54, 1.807) is 24.1 Å². The molecule has 7 heteroatoms. The van der Waals surface area contributed by atoms with Crippen molar-refractivity contribution in [2.75, 3.05) is 24.4 Å². The highest BCUT2D eigenvalue weighted by molar-refractivity contribution is 6.12. The minimum atomic E-state index is -1.03. The summed E-state index contributed by atoms with van der Waals surface area (Å²) in [5.74, 6) is -0.245. The first-order valence-electron chi connectivity index (χ1n) is 11.2. The van der Waals surface area contributed by atoms with E-state index in [1.165, 1.54) is 7.11 Å². The number of anilines is 2. The molecule has 3 aromatic carbocycles. The number of carbonyl (C=O) groups excluding carboxylic acids is 1. The summed E-state index contributed by atoms with van der Waals surface area (Å²) in [7, 11) is 3.10. The Balaban J connectivity index is 1.92. The van der Waals surface area contributed by atoms with Gasteiger partial charge in [-0.25, -0.2) is 0 Å². The maximum Gasteiger partial charge on any atom is 0.307 e. The van der Waals surface area contributed by atoms with Crippen molar-refractivity contribution in [3.05, 3.63) is 94.7 Å². The molecule has 2 N–H and O–H groups in total. The number of nitrogens with one attached hydrogen (secondary N) is 1. The number of benzene rings is 3. The zero-order valence-corrected chi connectivity index (χ0v) is 20.2. The summed E-state index contributed by atoms with van der Waals surface area (Å²) < 4.78 is 11.0. The molecular weight excluding hydrogens is 444 g/mol. The van der Waals surface area contributed by atoms with Gasteiger partial charge in [-0.1, -0.05) is 35.4 Å². The van der Waals surface area contributed by atoms with Gasteiger partial charge in [0.05, 0.1) is 26.7 Å². The summed E-state index contributed by atoms with van der Waals surface area (Å²) in [4.78, 5) is 27.5. The second kappa shape index (κ2) is 9.93. The second-order valence-corrected chi connectivity index (χ2v) is 8.48. The van der Waals surface area contributed by atoms with Crippen molar-refractivity contribution in [3.63, 3.8) is 0 Å². The van der Waals surface area contributed by atoms with Crippen LogP contribution in [0, 0.1) is 13.8 Å². The highest BCUT2D eigenvalue weighted by Crippen LogP contribution is 2.46. The topological polar surface area (TPSA) is 88.1 Å². The minimum absolute atomic E-state index is 0.250. The normalized spacial score (nSPS) is 15.4. The lowest BCUT2D eigenvalue weighted by molar-refractivity contribution is -0.136. The zero-order valence-electron chi connectivity index (χ0n) is 20.2. The third-order valence-electron chi connectivity index (χ3n) is 6.05. The molecule has 1 aliphatic heterocycles. The van der Waals surface area contributed by atoms with Gasteiger partial charge in [-0.3, -0.25) is 14.5 Å². The fourth-order valence-electron chi connectivity index (χ4n) is 4.27. The fraction of sp³-hybridized carbons (Fsp3) is 0.214. The molecular formula is C28H28N2O5. The summed E-state index contributed by atoms with van der Waals surface area (Å²) >= 11 is 0. The van der Waals surface area contributed by atoms with E-state index in [4.69, 9.17) is 9.47 Å². The molecule has 0 fully saturated rings. The Labute approximate surface area is 204 Å². The van der Waals surface area contributed by atoms with Gasteiger partial charge in [0.25, 0.3) is 5.91 Å². The monoisotopic (exact) mass is 472 g/mol. The highest BCUT2D eigenvalue weighted by Gasteiger charge is 2.43. The lowest BCUT2D eigenvalue weighted by Gasteiger charge is -2.28. The molecule has 0 aliphatic carbocycles. The number of aryl methyl sites for hydroxylation is 2. The van der Waals surface area contributed by atoms with Crippen LogP contribution in [0.3, 0.4) is 0 Å². The molecule has 0 aromatic heterocycles. The molecule has 0 saturated heterocycles. The minimum Gasteiger partial charge on any atom is -0.497 e. The fourth-order valence-corrected chi connectivity index (χ4v) is 4.27. The van der Waals surface area contributed by atoms with Crippen LogP contribution in [0.25, 0.3) is 0 Å². The first kappa shape index (κ1) is 23.9. The number of ether oxygens (including phenoxy) is 2. The van der Waals surface area contributed by atoms with Gasteiger partial charge in [-0.05, 0) is 55.8 Å². The molecule has 180 valence electrons. The van der Waals surface area contributed by atoms with Crippen molar-refractivity contribution in [1.29, 1.82) is 0 Å². The van der Waals surface area contributed by atoms with Gasteiger partial charge in [0.1, 0.15) is 17.2 Å². The number of methoxy groups -OCH3 is 2. The number of carboxylic acids is 1. The quantitative estimate of drug-likeness (QED) is 0.466. The van der Waals surface area contributed by atoms with Gasteiger partial charge in [-0.15, -0.1) is 0 Å². The molecule has 0 radical (unpaired) electrons. The number of aliphatic carboxylic acids is 1. The smallest absolute Gasteiger partial charge is 0.307 e. The van der Waals surface area contributed by atoms with Crippen LogP contribution >= 0.6 is 0 Å². The molecule has 1 amide bonds. The first-order valence-corrected chi connectivity index (χ1v) is 11.2. The van der Waals surface area contributed by atoms with E-state index in [0.29, 0.717) is 34.0 Å². The Kier molecular flexibility index (Phi) is 6.78. The number of hydrogen-bond acceptors (Lipinski definition) is 5. The SMILES string of the molecule is COc1ccc([C@H]2C(CC(=O)O)=C(Nc3ccc(C)cc3)C(=O)N2c2ccc(C)cc2)c(OC)c1. The summed E-state index contributed by atoms with van der Waals surface area (Å²) in [5.41, 5.74) is 4.86. The zero-order chi connectivity index (χ0) is 25.1. The summed E-state index contributed by atoms with van der Waals surface area (Å²) in [6.45, 7) is 3.95. The average Bonchev–Trinajstić information content (AvgIpc) is 3.10. The molecule has 0 bridgehead atoms. The number of amides is 1. The average molecular weight is 473 g/mol. The molecule has 4 rings (SSSR count).